The predicted octanol–water partition coefficient (Wildman–Crippen LogP) is 3.43. The van der Waals surface area contributed by atoms with Crippen molar-refractivity contribution in [1.82, 2.24) is 10.6 Å². The van der Waals surface area contributed by atoms with Gasteiger partial charge in [-0.05, 0) is 31.7 Å². The molecular weight excluding hydrogens is 332 g/mol. The summed E-state index contributed by atoms with van der Waals surface area (Å²) in [4.78, 5) is 25.1. The molecule has 0 saturated carbocycles. The zero-order valence-corrected chi connectivity index (χ0v) is 16.9. The Morgan fingerprint density at radius 3 is 2.04 bits per heavy atom. The normalized spacial score (nSPS) is 14.3. The Labute approximate surface area is 156 Å². The second-order valence-corrected chi connectivity index (χ2v) is 8.37. The third-order valence-electron chi connectivity index (χ3n) is 3.64. The molecule has 0 aliphatic carbocycles. The van der Waals surface area contributed by atoms with Crippen molar-refractivity contribution in [2.24, 2.45) is 5.41 Å². The first-order valence-electron chi connectivity index (χ1n) is 8.78. The minimum atomic E-state index is -0.750. The second-order valence-electron chi connectivity index (χ2n) is 8.37. The highest BCUT2D eigenvalue weighted by molar-refractivity contribution is 5.86. The van der Waals surface area contributed by atoms with E-state index in [0.29, 0.717) is 6.61 Å². The smallest absolute Gasteiger partial charge is 0.408 e. The Hall–Kier alpha value is -2.08. The molecule has 0 aliphatic rings. The molecule has 0 fully saturated rings. The van der Waals surface area contributed by atoms with Crippen molar-refractivity contribution in [1.29, 1.82) is 0 Å². The van der Waals surface area contributed by atoms with Gasteiger partial charge < -0.3 is 20.1 Å². The monoisotopic (exact) mass is 364 g/mol. The van der Waals surface area contributed by atoms with Crippen LogP contribution in [0, 0.1) is 5.41 Å². The lowest BCUT2D eigenvalue weighted by molar-refractivity contribution is -0.126. The van der Waals surface area contributed by atoms with Crippen molar-refractivity contribution in [2.45, 2.75) is 59.2 Å². The van der Waals surface area contributed by atoms with Crippen LogP contribution in [0.3, 0.4) is 0 Å². The van der Waals surface area contributed by atoms with Crippen LogP contribution >= 0.6 is 0 Å². The van der Waals surface area contributed by atoms with Gasteiger partial charge in [-0.15, -0.1) is 0 Å². The first-order chi connectivity index (χ1) is 11.9. The van der Waals surface area contributed by atoms with Gasteiger partial charge >= 0.3 is 6.09 Å². The van der Waals surface area contributed by atoms with E-state index in [2.05, 4.69) is 10.6 Å². The summed E-state index contributed by atoms with van der Waals surface area (Å²) < 4.78 is 10.5. The number of rotatable bonds is 6. The van der Waals surface area contributed by atoms with Crippen molar-refractivity contribution < 1.29 is 19.1 Å². The van der Waals surface area contributed by atoms with Gasteiger partial charge in [0.25, 0.3) is 0 Å². The summed E-state index contributed by atoms with van der Waals surface area (Å²) in [6, 6.07) is 8.53. The van der Waals surface area contributed by atoms with E-state index in [9.17, 15) is 9.59 Å². The summed E-state index contributed by atoms with van der Waals surface area (Å²) in [6.45, 7) is 11.3. The Kier molecular flexibility index (Phi) is 7.63. The molecule has 6 heteroatoms. The number of hydrogen-bond acceptors (Lipinski definition) is 4. The second kappa shape index (κ2) is 9.03. The van der Waals surface area contributed by atoms with Gasteiger partial charge in [0.15, 0.2) is 0 Å². The third kappa shape index (κ3) is 7.44. The van der Waals surface area contributed by atoms with Crippen LogP contribution in [-0.2, 0) is 14.3 Å². The number of benzene rings is 1. The fraction of sp³-hybridized carbons (Fsp3) is 0.600. The minimum absolute atomic E-state index is 0.283. The zero-order chi connectivity index (χ0) is 20.0. The van der Waals surface area contributed by atoms with Crippen LogP contribution in [-0.4, -0.2) is 37.4 Å². The highest BCUT2D eigenvalue weighted by Gasteiger charge is 2.35. The Bertz CT molecular complexity index is 588. The highest BCUT2D eigenvalue weighted by atomic mass is 16.6. The molecule has 1 aromatic carbocycles. The Balaban J connectivity index is 2.92. The lowest BCUT2D eigenvalue weighted by atomic mass is 9.86. The molecule has 0 bridgehead atoms. The number of amides is 2. The van der Waals surface area contributed by atoms with Crippen molar-refractivity contribution in [3.63, 3.8) is 0 Å². The van der Waals surface area contributed by atoms with Gasteiger partial charge in [0, 0.05) is 7.11 Å². The molecule has 0 aliphatic heterocycles. The summed E-state index contributed by atoms with van der Waals surface area (Å²) in [7, 11) is 1.59. The quantitative estimate of drug-likeness (QED) is 0.811. The van der Waals surface area contributed by atoms with Gasteiger partial charge in [0.2, 0.25) is 5.91 Å². The van der Waals surface area contributed by atoms with Crippen LogP contribution in [0.1, 0.15) is 53.1 Å². The predicted molar refractivity (Wildman–Crippen MR) is 102 cm³/mol. The summed E-state index contributed by atoms with van der Waals surface area (Å²) in [5.41, 5.74) is -0.186. The van der Waals surface area contributed by atoms with Crippen molar-refractivity contribution in [2.75, 3.05) is 13.7 Å². The standard InChI is InChI=1S/C20H32N2O4/c1-19(2,3)16(22-18(24)26-20(4,5)6)17(23)21-15(13-25-7)14-11-9-8-10-12-14/h8-12,15-16H,13H2,1-7H3,(H,21,23)(H,22,24)/t15?,16-/m1/s1. The number of ether oxygens (including phenoxy) is 2. The summed E-state index contributed by atoms with van der Waals surface area (Å²) in [6.07, 6.45) is -0.615. The Morgan fingerprint density at radius 1 is 1.00 bits per heavy atom. The molecule has 2 N–H and O–H groups in total. The van der Waals surface area contributed by atoms with Gasteiger partial charge in [-0.2, -0.15) is 0 Å². The molecule has 1 rings (SSSR count). The SMILES string of the molecule is COCC(NC(=O)[C@@H](NC(=O)OC(C)(C)C)C(C)(C)C)c1ccccc1. The molecule has 6 nitrogen and oxygen atoms in total. The van der Waals surface area contributed by atoms with E-state index in [0.717, 1.165) is 5.56 Å². The lowest BCUT2D eigenvalue weighted by Crippen LogP contribution is -2.55. The number of methoxy groups -OCH3 is 1. The molecule has 26 heavy (non-hydrogen) atoms. The number of carbonyl (C=O) groups is 2. The summed E-state index contributed by atoms with van der Waals surface area (Å²) >= 11 is 0. The van der Waals surface area contributed by atoms with Crippen LogP contribution in [0.15, 0.2) is 30.3 Å². The summed E-state index contributed by atoms with van der Waals surface area (Å²) in [5.74, 6) is -0.283. The van der Waals surface area contributed by atoms with Crippen molar-refractivity contribution >= 4 is 12.0 Å². The van der Waals surface area contributed by atoms with Crippen LogP contribution < -0.4 is 10.6 Å². The van der Waals surface area contributed by atoms with Gasteiger partial charge in [-0.25, -0.2) is 4.79 Å². The minimum Gasteiger partial charge on any atom is -0.444 e. The van der Waals surface area contributed by atoms with Crippen LogP contribution in [0.4, 0.5) is 4.79 Å². The van der Waals surface area contributed by atoms with E-state index in [4.69, 9.17) is 9.47 Å². The number of hydrogen-bond donors (Lipinski definition) is 2. The fourth-order valence-electron chi connectivity index (χ4n) is 2.43. The van der Waals surface area contributed by atoms with E-state index in [1.54, 1.807) is 27.9 Å². The van der Waals surface area contributed by atoms with E-state index in [1.807, 2.05) is 51.1 Å². The molecule has 1 unspecified atom stereocenters. The van der Waals surface area contributed by atoms with E-state index < -0.39 is 23.2 Å². The molecule has 2 amide bonds. The van der Waals surface area contributed by atoms with E-state index >= 15 is 0 Å². The van der Waals surface area contributed by atoms with Crippen LogP contribution in [0.25, 0.3) is 0 Å². The first-order valence-corrected chi connectivity index (χ1v) is 8.78. The number of alkyl carbamates (subject to hydrolysis) is 1. The summed E-state index contributed by atoms with van der Waals surface area (Å²) in [5, 5.41) is 5.67. The first kappa shape index (κ1) is 22.0. The van der Waals surface area contributed by atoms with Crippen molar-refractivity contribution in [3.8, 4) is 0 Å². The average molecular weight is 364 g/mol. The molecule has 0 spiro atoms. The maximum absolute atomic E-state index is 12.9. The van der Waals surface area contributed by atoms with E-state index in [1.165, 1.54) is 0 Å². The molecule has 0 radical (unpaired) electrons. The topological polar surface area (TPSA) is 76.7 Å². The largest absolute Gasteiger partial charge is 0.444 e. The maximum Gasteiger partial charge on any atom is 0.408 e. The molecule has 1 aromatic rings. The molecular formula is C20H32N2O4. The lowest BCUT2D eigenvalue weighted by Gasteiger charge is -2.32. The molecule has 2 atom stereocenters. The fourth-order valence-corrected chi connectivity index (χ4v) is 2.43. The van der Waals surface area contributed by atoms with E-state index in [-0.39, 0.29) is 11.9 Å². The molecule has 146 valence electrons. The Morgan fingerprint density at radius 2 is 1.58 bits per heavy atom. The number of nitrogens with one attached hydrogen (secondary N) is 2. The van der Waals surface area contributed by atoms with Gasteiger partial charge in [-0.3, -0.25) is 4.79 Å². The third-order valence-corrected chi connectivity index (χ3v) is 3.64. The average Bonchev–Trinajstić information content (AvgIpc) is 2.50. The highest BCUT2D eigenvalue weighted by Crippen LogP contribution is 2.22. The van der Waals surface area contributed by atoms with Crippen LogP contribution in [0.5, 0.6) is 0 Å². The molecule has 0 heterocycles. The zero-order valence-electron chi connectivity index (χ0n) is 16.9. The van der Waals surface area contributed by atoms with Gasteiger partial charge in [0.05, 0.1) is 12.6 Å². The van der Waals surface area contributed by atoms with Gasteiger partial charge in [-0.1, -0.05) is 51.1 Å². The van der Waals surface area contributed by atoms with Crippen LogP contribution in [0.2, 0.25) is 0 Å². The van der Waals surface area contributed by atoms with Crippen molar-refractivity contribution in [3.05, 3.63) is 35.9 Å². The maximum atomic E-state index is 12.9. The van der Waals surface area contributed by atoms with Gasteiger partial charge in [0.1, 0.15) is 11.6 Å². The number of carbonyl (C=O) groups excluding carboxylic acids is 2. The molecule has 0 aromatic heterocycles. The molecule has 0 saturated heterocycles.